The molecule has 3 rings (SSSR count). The Bertz CT molecular complexity index is 762. The molecule has 0 radical (unpaired) electrons. The van der Waals surface area contributed by atoms with Gasteiger partial charge in [-0.15, -0.1) is 0 Å². The maximum absolute atomic E-state index is 13.2. The molecule has 0 unspecified atom stereocenters. The van der Waals surface area contributed by atoms with Gasteiger partial charge in [0.05, 0.1) is 11.2 Å². The molecule has 0 N–H and O–H groups in total. The number of hydrogen-bond donors (Lipinski definition) is 0. The van der Waals surface area contributed by atoms with Gasteiger partial charge >= 0.3 is 0 Å². The third-order valence-electron chi connectivity index (χ3n) is 3.26. The number of halogens is 1. The van der Waals surface area contributed by atoms with Gasteiger partial charge in [0.25, 0.3) is 0 Å². The van der Waals surface area contributed by atoms with Gasteiger partial charge in [0, 0.05) is 10.9 Å². The summed E-state index contributed by atoms with van der Waals surface area (Å²) in [6, 6.07) is 14.9. The zero-order valence-electron chi connectivity index (χ0n) is 10.9. The molecule has 0 spiro atoms. The lowest BCUT2D eigenvalue weighted by Gasteiger charge is -2.08. The topological polar surface area (TPSA) is 12.9 Å². The molecular formula is C17H14FN. The fourth-order valence-corrected chi connectivity index (χ4v) is 2.34. The van der Waals surface area contributed by atoms with Crippen LogP contribution in [0.3, 0.4) is 0 Å². The van der Waals surface area contributed by atoms with E-state index in [0.29, 0.717) is 0 Å². The standard InChI is InChI=1S/C17H14FN/c1-11-4-3-5-13(8-11)17-12(2)9-14-10-15(18)6-7-16(14)19-17/h3-10H,1-2H3. The molecule has 0 aliphatic heterocycles. The summed E-state index contributed by atoms with van der Waals surface area (Å²) in [4.78, 5) is 4.66. The average Bonchev–Trinajstić information content (AvgIpc) is 2.37. The largest absolute Gasteiger partial charge is 0.248 e. The van der Waals surface area contributed by atoms with E-state index in [0.717, 1.165) is 27.7 Å². The summed E-state index contributed by atoms with van der Waals surface area (Å²) < 4.78 is 13.2. The minimum Gasteiger partial charge on any atom is -0.248 e. The molecule has 0 aliphatic carbocycles. The Balaban J connectivity index is 2.24. The average molecular weight is 251 g/mol. The predicted octanol–water partition coefficient (Wildman–Crippen LogP) is 4.66. The predicted molar refractivity (Wildman–Crippen MR) is 76.6 cm³/mol. The van der Waals surface area contributed by atoms with Crippen molar-refractivity contribution in [2.45, 2.75) is 13.8 Å². The van der Waals surface area contributed by atoms with Crippen LogP contribution in [0.4, 0.5) is 4.39 Å². The van der Waals surface area contributed by atoms with Crippen LogP contribution in [-0.4, -0.2) is 4.98 Å². The molecule has 1 aromatic heterocycles. The minimum atomic E-state index is -0.225. The van der Waals surface area contributed by atoms with Crippen LogP contribution in [0.15, 0.2) is 48.5 Å². The maximum Gasteiger partial charge on any atom is 0.123 e. The molecule has 0 bridgehead atoms. The summed E-state index contributed by atoms with van der Waals surface area (Å²) in [5, 5.41) is 0.842. The number of aryl methyl sites for hydroxylation is 2. The Morgan fingerprint density at radius 2 is 1.79 bits per heavy atom. The van der Waals surface area contributed by atoms with Gasteiger partial charge < -0.3 is 0 Å². The molecule has 0 fully saturated rings. The van der Waals surface area contributed by atoms with E-state index in [2.05, 4.69) is 30.1 Å². The van der Waals surface area contributed by atoms with E-state index in [1.54, 1.807) is 6.07 Å². The molecular weight excluding hydrogens is 237 g/mol. The third kappa shape index (κ3) is 2.22. The summed E-state index contributed by atoms with van der Waals surface area (Å²) in [6.45, 7) is 4.07. The van der Waals surface area contributed by atoms with Gasteiger partial charge in [-0.05, 0) is 49.7 Å². The van der Waals surface area contributed by atoms with Crippen LogP contribution in [0.25, 0.3) is 22.2 Å². The van der Waals surface area contributed by atoms with Crippen LogP contribution in [0.1, 0.15) is 11.1 Å². The molecule has 1 nitrogen and oxygen atoms in total. The summed E-state index contributed by atoms with van der Waals surface area (Å²) in [6.07, 6.45) is 0. The van der Waals surface area contributed by atoms with E-state index in [-0.39, 0.29) is 5.82 Å². The first-order chi connectivity index (χ1) is 9.13. The van der Waals surface area contributed by atoms with Crippen molar-refractivity contribution in [3.8, 4) is 11.3 Å². The van der Waals surface area contributed by atoms with Gasteiger partial charge in [-0.2, -0.15) is 0 Å². The lowest BCUT2D eigenvalue weighted by atomic mass is 10.0. The molecule has 0 amide bonds. The SMILES string of the molecule is Cc1cccc(-c2nc3ccc(F)cc3cc2C)c1. The molecule has 94 valence electrons. The fourth-order valence-electron chi connectivity index (χ4n) is 2.34. The number of rotatable bonds is 1. The number of pyridine rings is 1. The molecule has 0 saturated carbocycles. The number of nitrogens with zero attached hydrogens (tertiary/aromatic N) is 1. The molecule has 2 aromatic carbocycles. The number of aromatic nitrogens is 1. The Hall–Kier alpha value is -2.22. The van der Waals surface area contributed by atoms with Crippen LogP contribution < -0.4 is 0 Å². The summed E-state index contributed by atoms with van der Waals surface area (Å²) >= 11 is 0. The van der Waals surface area contributed by atoms with E-state index in [1.165, 1.54) is 17.7 Å². The van der Waals surface area contributed by atoms with Gasteiger partial charge in [-0.25, -0.2) is 9.37 Å². The maximum atomic E-state index is 13.2. The molecule has 1 heterocycles. The lowest BCUT2D eigenvalue weighted by Crippen LogP contribution is -1.91. The lowest BCUT2D eigenvalue weighted by molar-refractivity contribution is 0.629. The highest BCUT2D eigenvalue weighted by atomic mass is 19.1. The minimum absolute atomic E-state index is 0.225. The summed E-state index contributed by atoms with van der Waals surface area (Å²) in [5.41, 5.74) is 5.15. The van der Waals surface area contributed by atoms with E-state index in [1.807, 2.05) is 19.1 Å². The number of fused-ring (bicyclic) bond motifs is 1. The van der Waals surface area contributed by atoms with Gasteiger partial charge in [-0.1, -0.05) is 23.8 Å². The van der Waals surface area contributed by atoms with E-state index >= 15 is 0 Å². The second-order valence-corrected chi connectivity index (χ2v) is 4.86. The van der Waals surface area contributed by atoms with E-state index < -0.39 is 0 Å². The van der Waals surface area contributed by atoms with Crippen LogP contribution >= 0.6 is 0 Å². The van der Waals surface area contributed by atoms with Crippen LogP contribution in [0, 0.1) is 19.7 Å². The van der Waals surface area contributed by atoms with Crippen LogP contribution in [-0.2, 0) is 0 Å². The smallest absolute Gasteiger partial charge is 0.123 e. The summed E-state index contributed by atoms with van der Waals surface area (Å²) in [5.74, 6) is -0.225. The van der Waals surface area contributed by atoms with Crippen molar-refractivity contribution in [2.75, 3.05) is 0 Å². The first-order valence-electron chi connectivity index (χ1n) is 6.27. The first kappa shape index (κ1) is 11.8. The highest BCUT2D eigenvalue weighted by Gasteiger charge is 2.07. The van der Waals surface area contributed by atoms with Gasteiger partial charge in [0.2, 0.25) is 0 Å². The van der Waals surface area contributed by atoms with Gasteiger partial charge in [0.15, 0.2) is 0 Å². The molecule has 3 aromatic rings. The van der Waals surface area contributed by atoms with Crippen molar-refractivity contribution < 1.29 is 4.39 Å². The van der Waals surface area contributed by atoms with Crippen LogP contribution in [0.5, 0.6) is 0 Å². The van der Waals surface area contributed by atoms with Crippen molar-refractivity contribution in [3.63, 3.8) is 0 Å². The second kappa shape index (κ2) is 4.47. The van der Waals surface area contributed by atoms with Crippen molar-refractivity contribution in [3.05, 3.63) is 65.5 Å². The number of hydrogen-bond acceptors (Lipinski definition) is 1. The van der Waals surface area contributed by atoms with Crippen LogP contribution in [0.2, 0.25) is 0 Å². The van der Waals surface area contributed by atoms with Crippen molar-refractivity contribution >= 4 is 10.9 Å². The molecule has 0 aliphatic rings. The Labute approximate surface area is 111 Å². The van der Waals surface area contributed by atoms with Gasteiger partial charge in [-0.3, -0.25) is 0 Å². The molecule has 0 atom stereocenters. The van der Waals surface area contributed by atoms with E-state index in [4.69, 9.17) is 0 Å². The Kier molecular flexibility index (Phi) is 2.79. The summed E-state index contributed by atoms with van der Waals surface area (Å²) in [7, 11) is 0. The monoisotopic (exact) mass is 251 g/mol. The Morgan fingerprint density at radius 1 is 0.947 bits per heavy atom. The molecule has 2 heteroatoms. The second-order valence-electron chi connectivity index (χ2n) is 4.86. The van der Waals surface area contributed by atoms with Gasteiger partial charge in [0.1, 0.15) is 5.82 Å². The zero-order chi connectivity index (χ0) is 13.4. The highest BCUT2D eigenvalue weighted by molar-refractivity contribution is 5.83. The van der Waals surface area contributed by atoms with Crippen molar-refractivity contribution in [2.24, 2.45) is 0 Å². The highest BCUT2D eigenvalue weighted by Crippen LogP contribution is 2.26. The normalized spacial score (nSPS) is 10.9. The third-order valence-corrected chi connectivity index (χ3v) is 3.26. The molecule has 0 saturated heterocycles. The van der Waals surface area contributed by atoms with Crippen molar-refractivity contribution in [1.29, 1.82) is 0 Å². The zero-order valence-corrected chi connectivity index (χ0v) is 10.9. The quantitative estimate of drug-likeness (QED) is 0.613. The fraction of sp³-hybridized carbons (Fsp3) is 0.118. The first-order valence-corrected chi connectivity index (χ1v) is 6.27. The number of benzene rings is 2. The van der Waals surface area contributed by atoms with E-state index in [9.17, 15) is 4.39 Å². The van der Waals surface area contributed by atoms with Crippen molar-refractivity contribution in [1.82, 2.24) is 4.98 Å². The molecule has 19 heavy (non-hydrogen) atoms. The Morgan fingerprint density at radius 3 is 2.58 bits per heavy atom.